The predicted molar refractivity (Wildman–Crippen MR) is 149 cm³/mol. The van der Waals surface area contributed by atoms with Crippen LogP contribution in [0, 0.1) is 13.8 Å². The second-order valence-electron chi connectivity index (χ2n) is 9.43. The minimum Gasteiger partial charge on any atom is -0.348 e. The molecular weight excluding hydrogens is 478 g/mol. The summed E-state index contributed by atoms with van der Waals surface area (Å²) in [4.78, 5) is 45.8. The maximum Gasteiger partial charge on any atom is 0.278 e. The Hall–Kier alpha value is -4.72. The van der Waals surface area contributed by atoms with Crippen molar-refractivity contribution in [3.63, 3.8) is 0 Å². The molecule has 8 nitrogen and oxygen atoms in total. The summed E-state index contributed by atoms with van der Waals surface area (Å²) in [6.45, 7) is 4.13. The van der Waals surface area contributed by atoms with Gasteiger partial charge in [0.1, 0.15) is 5.56 Å². The standard InChI is InChI=1S/C30H29N5O3/c1-19-25(32-18-31-19)16-24-23-14-13-21(15-26(23)33-29(24)37)9-7-8-12-27(36)28-20(2)34(3)35(30(28)38)17-22-10-5-4-6-11-22/h4-7,9-11,13-16,18H,8,12,17H2,1-3H3,(H,31,32)(H,33,37)/b9-7+,24-16-. The Morgan fingerprint density at radius 3 is 2.61 bits per heavy atom. The molecule has 1 amide bonds. The third kappa shape index (κ3) is 4.80. The van der Waals surface area contributed by atoms with Gasteiger partial charge in [0.15, 0.2) is 5.78 Å². The number of benzene rings is 2. The second-order valence-corrected chi connectivity index (χ2v) is 9.43. The van der Waals surface area contributed by atoms with Crippen LogP contribution >= 0.6 is 0 Å². The van der Waals surface area contributed by atoms with Gasteiger partial charge in [-0.3, -0.25) is 19.1 Å². The van der Waals surface area contributed by atoms with Gasteiger partial charge in [-0.25, -0.2) is 9.67 Å². The van der Waals surface area contributed by atoms with E-state index in [1.807, 2.05) is 67.6 Å². The summed E-state index contributed by atoms with van der Waals surface area (Å²) in [5.41, 5.74) is 6.36. The Morgan fingerprint density at radius 1 is 1.08 bits per heavy atom. The molecule has 2 N–H and O–H groups in total. The number of amides is 1. The molecule has 0 unspecified atom stereocenters. The van der Waals surface area contributed by atoms with Crippen LogP contribution < -0.4 is 10.9 Å². The Bertz CT molecular complexity index is 1650. The fraction of sp³-hybridized carbons (Fsp3) is 0.200. The molecule has 3 heterocycles. The quantitative estimate of drug-likeness (QED) is 0.266. The monoisotopic (exact) mass is 507 g/mol. The lowest BCUT2D eigenvalue weighted by molar-refractivity contribution is -0.110. The highest BCUT2D eigenvalue weighted by molar-refractivity contribution is 6.34. The number of aromatic nitrogens is 4. The highest BCUT2D eigenvalue weighted by Gasteiger charge is 2.25. The summed E-state index contributed by atoms with van der Waals surface area (Å²) >= 11 is 0. The van der Waals surface area contributed by atoms with E-state index in [1.165, 1.54) is 0 Å². The van der Waals surface area contributed by atoms with Crippen molar-refractivity contribution in [3.05, 3.63) is 111 Å². The van der Waals surface area contributed by atoms with E-state index in [1.54, 1.807) is 35.7 Å². The van der Waals surface area contributed by atoms with Crippen molar-refractivity contribution >= 4 is 35.1 Å². The number of anilines is 1. The fourth-order valence-corrected chi connectivity index (χ4v) is 4.69. The van der Waals surface area contributed by atoms with Crippen molar-refractivity contribution in [2.75, 3.05) is 5.32 Å². The molecule has 0 aliphatic carbocycles. The maximum absolute atomic E-state index is 13.0. The number of hydrogen-bond donors (Lipinski definition) is 2. The highest BCUT2D eigenvalue weighted by atomic mass is 16.2. The molecule has 38 heavy (non-hydrogen) atoms. The van der Waals surface area contributed by atoms with Gasteiger partial charge in [0.2, 0.25) is 0 Å². The first-order chi connectivity index (χ1) is 18.3. The minimum atomic E-state index is -0.258. The number of nitrogens with one attached hydrogen (secondary N) is 2. The van der Waals surface area contributed by atoms with Gasteiger partial charge in [-0.2, -0.15) is 0 Å². The van der Waals surface area contributed by atoms with Gasteiger partial charge in [0.25, 0.3) is 11.5 Å². The van der Waals surface area contributed by atoms with Crippen molar-refractivity contribution in [2.24, 2.45) is 7.05 Å². The van der Waals surface area contributed by atoms with Crippen LogP contribution in [-0.4, -0.2) is 31.0 Å². The molecule has 2 aromatic carbocycles. The highest BCUT2D eigenvalue weighted by Crippen LogP contribution is 2.34. The number of carbonyl (C=O) groups is 2. The zero-order valence-corrected chi connectivity index (χ0v) is 21.6. The molecule has 4 aromatic rings. The molecule has 8 heteroatoms. The maximum atomic E-state index is 13.0. The molecule has 0 atom stereocenters. The number of allylic oxidation sites excluding steroid dienone is 1. The summed E-state index contributed by atoms with van der Waals surface area (Å²) in [7, 11) is 1.81. The number of H-pyrrole nitrogens is 1. The van der Waals surface area contributed by atoms with Gasteiger partial charge in [-0.15, -0.1) is 0 Å². The Balaban J connectivity index is 1.25. The SMILES string of the molecule is Cc1[nH]cnc1/C=C1\C(=O)Nc2cc(/C=C/CCC(=O)c3c(C)n(C)n(Cc4ccccc4)c3=O)ccc21. The number of aromatic amines is 1. The lowest BCUT2D eigenvalue weighted by Crippen LogP contribution is -2.24. The van der Waals surface area contributed by atoms with Crippen LogP contribution in [0.4, 0.5) is 5.69 Å². The first-order valence-electron chi connectivity index (χ1n) is 12.5. The van der Waals surface area contributed by atoms with E-state index in [2.05, 4.69) is 15.3 Å². The molecule has 0 spiro atoms. The van der Waals surface area contributed by atoms with Crippen molar-refractivity contribution in [3.8, 4) is 0 Å². The average molecular weight is 508 g/mol. The number of imidazole rings is 1. The summed E-state index contributed by atoms with van der Waals surface area (Å²) in [6, 6.07) is 15.5. The molecule has 192 valence electrons. The van der Waals surface area contributed by atoms with Crippen molar-refractivity contribution in [1.82, 2.24) is 19.3 Å². The number of fused-ring (bicyclic) bond motifs is 1. The number of carbonyl (C=O) groups excluding carboxylic acids is 2. The number of nitrogens with zero attached hydrogens (tertiary/aromatic N) is 3. The van der Waals surface area contributed by atoms with E-state index < -0.39 is 0 Å². The Labute approximate surface area is 220 Å². The second kappa shape index (κ2) is 10.3. The zero-order chi connectivity index (χ0) is 26.8. The van der Waals surface area contributed by atoms with Gasteiger partial charge >= 0.3 is 0 Å². The third-order valence-electron chi connectivity index (χ3n) is 6.94. The van der Waals surface area contributed by atoms with Crippen LogP contribution in [0.2, 0.25) is 0 Å². The number of ketones is 1. The number of Topliss-reactive ketones (excluding diaryl/α,β-unsaturated/α-hetero) is 1. The van der Waals surface area contributed by atoms with Crippen LogP contribution in [0.5, 0.6) is 0 Å². The van der Waals surface area contributed by atoms with Crippen LogP contribution in [-0.2, 0) is 18.4 Å². The van der Waals surface area contributed by atoms with E-state index in [4.69, 9.17) is 0 Å². The van der Waals surface area contributed by atoms with Crippen LogP contribution in [0.3, 0.4) is 0 Å². The summed E-state index contributed by atoms with van der Waals surface area (Å²) in [6.07, 6.45) is 7.96. The molecule has 0 bridgehead atoms. The zero-order valence-electron chi connectivity index (χ0n) is 21.6. The van der Waals surface area contributed by atoms with Crippen LogP contribution in [0.15, 0.2) is 65.7 Å². The number of rotatable bonds is 8. The van der Waals surface area contributed by atoms with Gasteiger partial charge in [0.05, 0.1) is 24.1 Å². The molecule has 0 saturated heterocycles. The smallest absolute Gasteiger partial charge is 0.278 e. The molecule has 1 aliphatic heterocycles. The fourth-order valence-electron chi connectivity index (χ4n) is 4.69. The van der Waals surface area contributed by atoms with Crippen molar-refractivity contribution in [1.29, 1.82) is 0 Å². The molecule has 0 saturated carbocycles. The molecular formula is C30H29N5O3. The molecule has 0 radical (unpaired) electrons. The summed E-state index contributed by atoms with van der Waals surface area (Å²) < 4.78 is 3.36. The molecule has 2 aromatic heterocycles. The molecule has 5 rings (SSSR count). The molecule has 0 fully saturated rings. The normalized spacial score (nSPS) is 13.9. The third-order valence-corrected chi connectivity index (χ3v) is 6.94. The summed E-state index contributed by atoms with van der Waals surface area (Å²) in [5.74, 6) is -0.325. The lowest BCUT2D eigenvalue weighted by atomic mass is 10.0. The topological polar surface area (TPSA) is 102 Å². The molecule has 1 aliphatic rings. The minimum absolute atomic E-state index is 0.162. The first-order valence-corrected chi connectivity index (χ1v) is 12.5. The van der Waals surface area contributed by atoms with E-state index in [9.17, 15) is 14.4 Å². The summed E-state index contributed by atoms with van der Waals surface area (Å²) in [5, 5.41) is 2.91. The largest absolute Gasteiger partial charge is 0.348 e. The number of aryl methyl sites for hydroxylation is 1. The van der Waals surface area contributed by atoms with Crippen LogP contribution in [0.25, 0.3) is 17.7 Å². The van der Waals surface area contributed by atoms with Crippen LogP contribution in [0.1, 0.15) is 57.0 Å². The Kier molecular flexibility index (Phi) is 6.79. The average Bonchev–Trinajstić information content (AvgIpc) is 3.52. The first kappa shape index (κ1) is 25.0. The van der Waals surface area contributed by atoms with Gasteiger partial charge in [-0.1, -0.05) is 54.6 Å². The van der Waals surface area contributed by atoms with Crippen molar-refractivity contribution < 1.29 is 9.59 Å². The lowest BCUT2D eigenvalue weighted by Gasteiger charge is -2.08. The predicted octanol–water partition coefficient (Wildman–Crippen LogP) is 4.74. The van der Waals surface area contributed by atoms with E-state index >= 15 is 0 Å². The van der Waals surface area contributed by atoms with E-state index in [0.717, 1.165) is 33.8 Å². The van der Waals surface area contributed by atoms with Gasteiger partial charge in [-0.05, 0) is 43.5 Å². The van der Waals surface area contributed by atoms with Gasteiger partial charge < -0.3 is 10.3 Å². The van der Waals surface area contributed by atoms with E-state index in [0.29, 0.717) is 24.2 Å². The Morgan fingerprint density at radius 2 is 1.87 bits per heavy atom. The van der Waals surface area contributed by atoms with Crippen molar-refractivity contribution in [2.45, 2.75) is 33.2 Å². The number of hydrogen-bond acceptors (Lipinski definition) is 4. The van der Waals surface area contributed by atoms with E-state index in [-0.39, 0.29) is 29.2 Å². The van der Waals surface area contributed by atoms with Gasteiger partial charge in [0, 0.05) is 36.1 Å².